The largest absolute Gasteiger partial charge is 0.426 e. The Bertz CT molecular complexity index is 570. The molecule has 1 aliphatic heterocycles. The zero-order valence-electron chi connectivity index (χ0n) is 13.6. The average molecular weight is 329 g/mol. The summed E-state index contributed by atoms with van der Waals surface area (Å²) in [4.78, 5) is 12.1. The first-order valence-corrected chi connectivity index (χ1v) is 7.73. The van der Waals surface area contributed by atoms with E-state index in [1.54, 1.807) is 20.8 Å². The van der Waals surface area contributed by atoms with Crippen LogP contribution in [0.15, 0.2) is 18.2 Å². The summed E-state index contributed by atoms with van der Waals surface area (Å²) in [5.74, 6) is -0.251. The predicted molar refractivity (Wildman–Crippen MR) is 81.4 cm³/mol. The van der Waals surface area contributed by atoms with E-state index < -0.39 is 23.1 Å². The summed E-state index contributed by atoms with van der Waals surface area (Å²) in [6, 6.07) is 3.36. The predicted octanol–water partition coefficient (Wildman–Crippen LogP) is 4.12. The Labute approximate surface area is 134 Å². The van der Waals surface area contributed by atoms with Crippen LogP contribution >= 0.6 is 0 Å². The van der Waals surface area contributed by atoms with Gasteiger partial charge in [-0.2, -0.15) is 13.2 Å². The molecule has 128 valence electrons. The highest BCUT2D eigenvalue weighted by Gasteiger charge is 2.33. The second kappa shape index (κ2) is 6.51. The lowest BCUT2D eigenvalue weighted by Crippen LogP contribution is -2.29. The molecule has 0 radical (unpaired) electrons. The van der Waals surface area contributed by atoms with Gasteiger partial charge in [-0.1, -0.05) is 0 Å². The van der Waals surface area contributed by atoms with Crippen LogP contribution in [0.1, 0.15) is 50.7 Å². The number of piperidine rings is 1. The molecule has 0 spiro atoms. The van der Waals surface area contributed by atoms with Gasteiger partial charge < -0.3 is 10.1 Å². The molecule has 1 aromatic carbocycles. The van der Waals surface area contributed by atoms with Crippen LogP contribution in [-0.2, 0) is 11.0 Å². The minimum absolute atomic E-state index is 0.0404. The standard InChI is InChI=1S/C17H22F3NO2/c1-16(2,3)15(22)23-14-5-4-12(17(18,19)20)10-13(14)11-6-8-21-9-7-11/h4-5,10-11,21H,6-9H2,1-3H3. The van der Waals surface area contributed by atoms with Crippen molar-refractivity contribution in [2.24, 2.45) is 5.41 Å². The van der Waals surface area contributed by atoms with Crippen LogP contribution in [0.5, 0.6) is 5.75 Å². The van der Waals surface area contributed by atoms with Crippen molar-refractivity contribution in [3.63, 3.8) is 0 Å². The minimum atomic E-state index is -4.41. The summed E-state index contributed by atoms with van der Waals surface area (Å²) >= 11 is 0. The second-order valence-electron chi connectivity index (χ2n) is 6.91. The Morgan fingerprint density at radius 2 is 1.78 bits per heavy atom. The number of alkyl halides is 3. The fourth-order valence-electron chi connectivity index (χ4n) is 2.52. The average Bonchev–Trinajstić information content (AvgIpc) is 2.46. The molecule has 1 fully saturated rings. The minimum Gasteiger partial charge on any atom is -0.426 e. The molecular weight excluding hydrogens is 307 g/mol. The van der Waals surface area contributed by atoms with Crippen LogP contribution in [-0.4, -0.2) is 19.1 Å². The van der Waals surface area contributed by atoms with Gasteiger partial charge in [0.2, 0.25) is 0 Å². The van der Waals surface area contributed by atoms with Gasteiger partial charge in [-0.25, -0.2) is 0 Å². The van der Waals surface area contributed by atoms with Gasteiger partial charge in [0.15, 0.2) is 0 Å². The topological polar surface area (TPSA) is 38.3 Å². The highest BCUT2D eigenvalue weighted by Crippen LogP contribution is 2.38. The van der Waals surface area contributed by atoms with Crippen molar-refractivity contribution in [1.29, 1.82) is 0 Å². The number of benzene rings is 1. The molecule has 6 heteroatoms. The normalized spacial score (nSPS) is 17.1. The van der Waals surface area contributed by atoms with E-state index in [1.165, 1.54) is 6.07 Å². The summed E-state index contributed by atoms with van der Waals surface area (Å²) in [7, 11) is 0. The number of ether oxygens (including phenoxy) is 1. The molecule has 0 unspecified atom stereocenters. The number of rotatable bonds is 2. The van der Waals surface area contributed by atoms with Crippen LogP contribution < -0.4 is 10.1 Å². The summed E-state index contributed by atoms with van der Waals surface area (Å²) in [6.07, 6.45) is -2.96. The zero-order chi connectivity index (χ0) is 17.3. The van der Waals surface area contributed by atoms with Crippen LogP contribution in [0.3, 0.4) is 0 Å². The Morgan fingerprint density at radius 1 is 1.17 bits per heavy atom. The molecule has 1 aromatic rings. The smallest absolute Gasteiger partial charge is 0.416 e. The Kier molecular flexibility index (Phi) is 5.04. The highest BCUT2D eigenvalue weighted by molar-refractivity contribution is 5.78. The number of hydrogen-bond acceptors (Lipinski definition) is 3. The molecule has 23 heavy (non-hydrogen) atoms. The molecule has 1 heterocycles. The number of carbonyl (C=O) groups is 1. The first kappa shape index (κ1) is 17.8. The molecule has 0 aliphatic carbocycles. The SMILES string of the molecule is CC(C)(C)C(=O)Oc1ccc(C(F)(F)F)cc1C1CCNCC1. The monoisotopic (exact) mass is 329 g/mol. The van der Waals surface area contributed by atoms with E-state index in [-0.39, 0.29) is 11.7 Å². The van der Waals surface area contributed by atoms with Crippen LogP contribution in [0.4, 0.5) is 13.2 Å². The van der Waals surface area contributed by atoms with Crippen LogP contribution in [0.2, 0.25) is 0 Å². The van der Waals surface area contributed by atoms with Gasteiger partial charge in [-0.05, 0) is 76.4 Å². The third-order valence-electron chi connectivity index (χ3n) is 3.93. The summed E-state index contributed by atoms with van der Waals surface area (Å²) in [5, 5.41) is 3.18. The van der Waals surface area contributed by atoms with Gasteiger partial charge in [0.25, 0.3) is 0 Å². The Hall–Kier alpha value is -1.56. The highest BCUT2D eigenvalue weighted by atomic mass is 19.4. The van der Waals surface area contributed by atoms with Gasteiger partial charge in [0.1, 0.15) is 5.75 Å². The van der Waals surface area contributed by atoms with Gasteiger partial charge >= 0.3 is 12.1 Å². The molecule has 0 saturated carbocycles. The molecule has 3 nitrogen and oxygen atoms in total. The van der Waals surface area contributed by atoms with Gasteiger partial charge in [0, 0.05) is 0 Å². The molecule has 1 saturated heterocycles. The molecule has 0 aromatic heterocycles. The van der Waals surface area contributed by atoms with Crippen molar-refractivity contribution in [2.75, 3.05) is 13.1 Å². The third-order valence-corrected chi connectivity index (χ3v) is 3.93. The lowest BCUT2D eigenvalue weighted by atomic mass is 9.88. The van der Waals surface area contributed by atoms with E-state index in [0.717, 1.165) is 38.1 Å². The molecule has 0 bridgehead atoms. The first-order valence-electron chi connectivity index (χ1n) is 7.73. The molecule has 2 rings (SSSR count). The fraction of sp³-hybridized carbons (Fsp3) is 0.588. The van der Waals surface area contributed by atoms with Crippen molar-refractivity contribution in [3.8, 4) is 5.75 Å². The van der Waals surface area contributed by atoms with Crippen LogP contribution in [0, 0.1) is 5.41 Å². The molecule has 1 N–H and O–H groups in total. The third kappa shape index (κ3) is 4.47. The second-order valence-corrected chi connectivity index (χ2v) is 6.91. The van der Waals surface area contributed by atoms with Crippen molar-refractivity contribution in [3.05, 3.63) is 29.3 Å². The van der Waals surface area contributed by atoms with Gasteiger partial charge in [-0.3, -0.25) is 4.79 Å². The fourth-order valence-corrected chi connectivity index (χ4v) is 2.52. The van der Waals surface area contributed by atoms with Gasteiger partial charge in [0.05, 0.1) is 11.0 Å². The van der Waals surface area contributed by atoms with E-state index in [2.05, 4.69) is 5.32 Å². The number of hydrogen-bond donors (Lipinski definition) is 1. The number of halogens is 3. The molecule has 1 aliphatic rings. The van der Waals surface area contributed by atoms with E-state index in [1.807, 2.05) is 0 Å². The quantitative estimate of drug-likeness (QED) is 0.655. The lowest BCUT2D eigenvalue weighted by Gasteiger charge is -2.26. The Morgan fingerprint density at radius 3 is 2.30 bits per heavy atom. The molecule has 0 amide bonds. The maximum absolute atomic E-state index is 13.0. The molecular formula is C17H22F3NO2. The van der Waals surface area contributed by atoms with Crippen molar-refractivity contribution in [2.45, 2.75) is 45.7 Å². The maximum atomic E-state index is 13.0. The lowest BCUT2D eigenvalue weighted by molar-refractivity contribution is -0.143. The van der Waals surface area contributed by atoms with Crippen LogP contribution in [0.25, 0.3) is 0 Å². The van der Waals surface area contributed by atoms with E-state index >= 15 is 0 Å². The molecule has 0 atom stereocenters. The van der Waals surface area contributed by atoms with Gasteiger partial charge in [-0.15, -0.1) is 0 Å². The summed E-state index contributed by atoms with van der Waals surface area (Å²) in [5.41, 5.74) is -0.950. The maximum Gasteiger partial charge on any atom is 0.416 e. The van der Waals surface area contributed by atoms with E-state index in [4.69, 9.17) is 4.74 Å². The first-order chi connectivity index (χ1) is 10.6. The summed E-state index contributed by atoms with van der Waals surface area (Å²) in [6.45, 7) is 6.62. The van der Waals surface area contributed by atoms with Crippen molar-refractivity contribution < 1.29 is 22.7 Å². The number of nitrogens with one attached hydrogen (secondary N) is 1. The number of carbonyl (C=O) groups excluding carboxylic acids is 1. The van der Waals surface area contributed by atoms with E-state index in [9.17, 15) is 18.0 Å². The van der Waals surface area contributed by atoms with E-state index in [0.29, 0.717) is 5.56 Å². The number of esters is 1. The zero-order valence-corrected chi connectivity index (χ0v) is 13.6. The Balaban J connectivity index is 2.38. The van der Waals surface area contributed by atoms with Crippen molar-refractivity contribution in [1.82, 2.24) is 5.32 Å². The summed E-state index contributed by atoms with van der Waals surface area (Å²) < 4.78 is 44.4. The van der Waals surface area contributed by atoms with Crippen molar-refractivity contribution >= 4 is 5.97 Å².